The van der Waals surface area contributed by atoms with Crippen molar-refractivity contribution in [2.75, 3.05) is 13.7 Å². The van der Waals surface area contributed by atoms with Gasteiger partial charge < -0.3 is 15.8 Å². The summed E-state index contributed by atoms with van der Waals surface area (Å²) in [6, 6.07) is 7.86. The molecular formula is C14H20N2O2. The highest BCUT2D eigenvalue weighted by Crippen LogP contribution is 2.28. The number of rotatable bonds is 5. The van der Waals surface area contributed by atoms with Crippen molar-refractivity contribution < 1.29 is 9.53 Å². The van der Waals surface area contributed by atoms with E-state index in [0.29, 0.717) is 6.54 Å². The largest absolute Gasteiger partial charge is 0.497 e. The van der Waals surface area contributed by atoms with Crippen molar-refractivity contribution in [1.82, 2.24) is 5.32 Å². The normalized spacial score (nSPS) is 16.8. The second-order valence-corrected chi connectivity index (χ2v) is 4.86. The number of carbonyl (C=O) groups excluding carboxylic acids is 1. The van der Waals surface area contributed by atoms with Crippen LogP contribution < -0.4 is 15.8 Å². The Morgan fingerprint density at radius 2 is 2.06 bits per heavy atom. The van der Waals surface area contributed by atoms with Crippen LogP contribution in [0.3, 0.4) is 0 Å². The first-order chi connectivity index (χ1) is 8.64. The summed E-state index contributed by atoms with van der Waals surface area (Å²) in [5.41, 5.74) is 6.51. The molecule has 0 saturated heterocycles. The molecule has 1 aliphatic rings. The Morgan fingerprint density at radius 3 is 2.56 bits per heavy atom. The summed E-state index contributed by atoms with van der Waals surface area (Å²) in [7, 11) is 1.65. The first-order valence-electron chi connectivity index (χ1n) is 6.34. The van der Waals surface area contributed by atoms with Gasteiger partial charge in [0.2, 0.25) is 5.91 Å². The van der Waals surface area contributed by atoms with Gasteiger partial charge in [0.25, 0.3) is 0 Å². The smallest absolute Gasteiger partial charge is 0.240 e. The van der Waals surface area contributed by atoms with Crippen molar-refractivity contribution in [2.45, 2.75) is 31.2 Å². The summed E-state index contributed by atoms with van der Waals surface area (Å²) >= 11 is 0. The number of ether oxygens (including phenoxy) is 1. The minimum Gasteiger partial charge on any atom is -0.497 e. The average Bonchev–Trinajstić information content (AvgIpc) is 2.36. The monoisotopic (exact) mass is 248 g/mol. The lowest BCUT2D eigenvalue weighted by Gasteiger charge is -2.36. The van der Waals surface area contributed by atoms with Crippen molar-refractivity contribution in [3.63, 3.8) is 0 Å². The van der Waals surface area contributed by atoms with Crippen LogP contribution >= 0.6 is 0 Å². The predicted octanol–water partition coefficient (Wildman–Crippen LogP) is 1.24. The van der Waals surface area contributed by atoms with Crippen molar-refractivity contribution in [3.8, 4) is 5.75 Å². The molecule has 18 heavy (non-hydrogen) atoms. The Kier molecular flexibility index (Phi) is 3.87. The SMILES string of the molecule is COc1ccc(CCNC(=O)C2(N)CCC2)cc1. The molecule has 0 heterocycles. The van der Waals surface area contributed by atoms with E-state index >= 15 is 0 Å². The third kappa shape index (κ3) is 2.82. The summed E-state index contributed by atoms with van der Waals surface area (Å²) in [6.45, 7) is 0.629. The van der Waals surface area contributed by atoms with Gasteiger partial charge in [0.1, 0.15) is 5.75 Å². The van der Waals surface area contributed by atoms with Gasteiger partial charge in [0, 0.05) is 6.54 Å². The van der Waals surface area contributed by atoms with E-state index < -0.39 is 5.54 Å². The molecule has 4 heteroatoms. The molecule has 0 radical (unpaired) electrons. The molecule has 0 aromatic heterocycles. The van der Waals surface area contributed by atoms with Gasteiger partial charge in [-0.25, -0.2) is 0 Å². The zero-order valence-corrected chi connectivity index (χ0v) is 10.7. The van der Waals surface area contributed by atoms with E-state index in [1.807, 2.05) is 24.3 Å². The Hall–Kier alpha value is -1.55. The zero-order chi connectivity index (χ0) is 13.0. The van der Waals surface area contributed by atoms with Crippen LogP contribution in [0.5, 0.6) is 5.75 Å². The highest BCUT2D eigenvalue weighted by atomic mass is 16.5. The van der Waals surface area contributed by atoms with Crippen LogP contribution in [0.25, 0.3) is 0 Å². The third-order valence-electron chi connectivity index (χ3n) is 3.56. The van der Waals surface area contributed by atoms with Crippen molar-refractivity contribution >= 4 is 5.91 Å². The molecule has 98 valence electrons. The molecule has 0 bridgehead atoms. The van der Waals surface area contributed by atoms with Gasteiger partial charge in [-0.15, -0.1) is 0 Å². The third-order valence-corrected chi connectivity index (χ3v) is 3.56. The molecule has 1 aliphatic carbocycles. The maximum absolute atomic E-state index is 11.8. The molecule has 1 aromatic carbocycles. The number of methoxy groups -OCH3 is 1. The van der Waals surface area contributed by atoms with Gasteiger partial charge in [-0.2, -0.15) is 0 Å². The number of carbonyl (C=O) groups is 1. The minimum atomic E-state index is -0.597. The number of nitrogens with one attached hydrogen (secondary N) is 1. The van der Waals surface area contributed by atoms with E-state index in [0.717, 1.165) is 31.4 Å². The van der Waals surface area contributed by atoms with Crippen LogP contribution in [0.1, 0.15) is 24.8 Å². The first-order valence-corrected chi connectivity index (χ1v) is 6.34. The van der Waals surface area contributed by atoms with E-state index in [1.165, 1.54) is 5.56 Å². The molecule has 3 N–H and O–H groups in total. The molecule has 1 saturated carbocycles. The highest BCUT2D eigenvalue weighted by Gasteiger charge is 2.39. The second-order valence-electron chi connectivity index (χ2n) is 4.86. The van der Waals surface area contributed by atoms with E-state index in [9.17, 15) is 4.79 Å². The van der Waals surface area contributed by atoms with E-state index in [-0.39, 0.29) is 5.91 Å². The molecule has 1 fully saturated rings. The van der Waals surface area contributed by atoms with Crippen molar-refractivity contribution in [2.24, 2.45) is 5.73 Å². The molecule has 0 unspecified atom stereocenters. The van der Waals surface area contributed by atoms with Crippen LogP contribution in [0.2, 0.25) is 0 Å². The fraction of sp³-hybridized carbons (Fsp3) is 0.500. The summed E-state index contributed by atoms with van der Waals surface area (Å²) in [5.74, 6) is 0.834. The Bertz CT molecular complexity index is 410. The number of hydrogen-bond acceptors (Lipinski definition) is 3. The van der Waals surface area contributed by atoms with Crippen LogP contribution in [-0.4, -0.2) is 25.1 Å². The Balaban J connectivity index is 1.76. The van der Waals surface area contributed by atoms with Gasteiger partial charge in [0.05, 0.1) is 12.6 Å². The lowest BCUT2D eigenvalue weighted by Crippen LogP contribution is -2.58. The van der Waals surface area contributed by atoms with Gasteiger partial charge in [-0.3, -0.25) is 4.79 Å². The maximum Gasteiger partial charge on any atom is 0.240 e. The molecule has 1 amide bonds. The summed E-state index contributed by atoms with van der Waals surface area (Å²) in [5, 5.41) is 2.91. The summed E-state index contributed by atoms with van der Waals surface area (Å²) < 4.78 is 5.09. The average molecular weight is 248 g/mol. The molecule has 4 nitrogen and oxygen atoms in total. The van der Waals surface area contributed by atoms with Gasteiger partial charge >= 0.3 is 0 Å². The maximum atomic E-state index is 11.8. The second kappa shape index (κ2) is 5.40. The number of hydrogen-bond donors (Lipinski definition) is 2. The lowest BCUT2D eigenvalue weighted by molar-refractivity contribution is -0.129. The number of nitrogens with two attached hydrogens (primary N) is 1. The van der Waals surface area contributed by atoms with E-state index in [1.54, 1.807) is 7.11 Å². The number of amides is 1. The van der Waals surface area contributed by atoms with Crippen molar-refractivity contribution in [1.29, 1.82) is 0 Å². The molecule has 2 rings (SSSR count). The minimum absolute atomic E-state index is 0.0118. The fourth-order valence-corrected chi connectivity index (χ4v) is 2.07. The summed E-state index contributed by atoms with van der Waals surface area (Å²) in [4.78, 5) is 11.8. The molecule has 0 atom stereocenters. The van der Waals surface area contributed by atoms with E-state index in [4.69, 9.17) is 10.5 Å². The van der Waals surface area contributed by atoms with Crippen LogP contribution in [0, 0.1) is 0 Å². The van der Waals surface area contributed by atoms with Crippen LogP contribution in [0.4, 0.5) is 0 Å². The lowest BCUT2D eigenvalue weighted by atomic mass is 9.77. The Morgan fingerprint density at radius 1 is 1.39 bits per heavy atom. The van der Waals surface area contributed by atoms with Gasteiger partial charge in [-0.1, -0.05) is 12.1 Å². The highest BCUT2D eigenvalue weighted by molar-refractivity contribution is 5.86. The standard InChI is InChI=1S/C14H20N2O2/c1-18-12-5-3-11(4-6-12)7-10-16-13(17)14(15)8-2-9-14/h3-6H,2,7-10,15H2,1H3,(H,16,17). The number of benzene rings is 1. The molecule has 1 aromatic rings. The van der Waals surface area contributed by atoms with Crippen LogP contribution in [-0.2, 0) is 11.2 Å². The van der Waals surface area contributed by atoms with E-state index in [2.05, 4.69) is 5.32 Å². The fourth-order valence-electron chi connectivity index (χ4n) is 2.07. The first kappa shape index (κ1) is 12.9. The van der Waals surface area contributed by atoms with Crippen LogP contribution in [0.15, 0.2) is 24.3 Å². The van der Waals surface area contributed by atoms with Gasteiger partial charge in [-0.05, 0) is 43.4 Å². The molecule has 0 aliphatic heterocycles. The van der Waals surface area contributed by atoms with Crippen molar-refractivity contribution in [3.05, 3.63) is 29.8 Å². The predicted molar refractivity (Wildman–Crippen MR) is 70.5 cm³/mol. The topological polar surface area (TPSA) is 64.3 Å². The van der Waals surface area contributed by atoms with Gasteiger partial charge in [0.15, 0.2) is 0 Å². The Labute approximate surface area is 108 Å². The quantitative estimate of drug-likeness (QED) is 0.824. The zero-order valence-electron chi connectivity index (χ0n) is 10.7. The molecule has 0 spiro atoms. The molecular weight excluding hydrogens is 228 g/mol. The summed E-state index contributed by atoms with van der Waals surface area (Å²) in [6.07, 6.45) is 3.48.